The Morgan fingerprint density at radius 2 is 1.95 bits per heavy atom. The van der Waals surface area contributed by atoms with E-state index in [4.69, 9.17) is 4.74 Å². The third kappa shape index (κ3) is 2.40. The van der Waals surface area contributed by atoms with Crippen molar-refractivity contribution in [1.82, 2.24) is 5.32 Å². The van der Waals surface area contributed by atoms with Crippen LogP contribution in [0, 0.1) is 5.82 Å². The summed E-state index contributed by atoms with van der Waals surface area (Å²) >= 11 is 0. The van der Waals surface area contributed by atoms with E-state index in [0.717, 1.165) is 29.7 Å². The predicted molar refractivity (Wildman–Crippen MR) is 76.3 cm³/mol. The Balaban J connectivity index is 2.05. The van der Waals surface area contributed by atoms with Crippen molar-refractivity contribution in [2.45, 2.75) is 12.5 Å². The van der Waals surface area contributed by atoms with Gasteiger partial charge in [0.2, 0.25) is 0 Å². The van der Waals surface area contributed by atoms with Crippen LogP contribution >= 0.6 is 0 Å². The maximum atomic E-state index is 13.9. The topological polar surface area (TPSA) is 61.7 Å². The maximum absolute atomic E-state index is 13.9. The molecule has 2 aromatic carbocycles. The number of benzene rings is 2. The van der Waals surface area contributed by atoms with E-state index < -0.39 is 5.82 Å². The normalized spacial score (nSPS) is 17.3. The number of hydrogen-bond acceptors (Lipinski definition) is 4. The average Bonchev–Trinajstić information content (AvgIpc) is 2.48. The Morgan fingerprint density at radius 1 is 1.19 bits per heavy atom. The highest BCUT2D eigenvalue weighted by Crippen LogP contribution is 2.36. The largest absolute Gasteiger partial charge is 0.504 e. The lowest BCUT2D eigenvalue weighted by Crippen LogP contribution is -2.30. The highest BCUT2D eigenvalue weighted by molar-refractivity contribution is 5.50. The number of phenolic OH excluding ortho intramolecular Hbond substituents is 2. The molecule has 5 heteroatoms. The Morgan fingerprint density at radius 3 is 2.67 bits per heavy atom. The number of aromatic hydroxyl groups is 2. The fourth-order valence-corrected chi connectivity index (χ4v) is 2.74. The number of ether oxygens (including phenoxy) is 1. The van der Waals surface area contributed by atoms with Crippen LogP contribution in [0.3, 0.4) is 0 Å². The van der Waals surface area contributed by atoms with E-state index in [1.807, 2.05) is 0 Å². The molecule has 110 valence electrons. The molecule has 0 aliphatic carbocycles. The molecule has 21 heavy (non-hydrogen) atoms. The van der Waals surface area contributed by atoms with Gasteiger partial charge in [0.25, 0.3) is 0 Å². The molecular formula is C16H16FNO3. The zero-order valence-corrected chi connectivity index (χ0v) is 11.6. The molecule has 0 saturated carbocycles. The molecule has 1 aliphatic heterocycles. The van der Waals surface area contributed by atoms with Gasteiger partial charge in [0, 0.05) is 6.54 Å². The van der Waals surface area contributed by atoms with E-state index in [0.29, 0.717) is 0 Å². The SMILES string of the molecule is COc1ccc(C2NCCc3cc(O)c(O)cc32)cc1F. The van der Waals surface area contributed by atoms with Crippen LogP contribution in [0.4, 0.5) is 4.39 Å². The summed E-state index contributed by atoms with van der Waals surface area (Å²) < 4.78 is 18.8. The van der Waals surface area contributed by atoms with Crippen molar-refractivity contribution in [3.8, 4) is 17.2 Å². The molecule has 0 spiro atoms. The predicted octanol–water partition coefficient (Wildman–Crippen LogP) is 2.48. The second kappa shape index (κ2) is 5.26. The van der Waals surface area contributed by atoms with E-state index in [1.54, 1.807) is 18.2 Å². The molecule has 1 atom stereocenters. The molecule has 1 unspecified atom stereocenters. The molecule has 0 saturated heterocycles. The zero-order valence-electron chi connectivity index (χ0n) is 11.6. The van der Waals surface area contributed by atoms with Crippen LogP contribution in [0.1, 0.15) is 22.7 Å². The van der Waals surface area contributed by atoms with E-state index in [2.05, 4.69) is 5.32 Å². The van der Waals surface area contributed by atoms with Gasteiger partial charge in [-0.1, -0.05) is 6.07 Å². The van der Waals surface area contributed by atoms with Crippen molar-refractivity contribution in [2.24, 2.45) is 0 Å². The lowest BCUT2D eigenvalue weighted by atomic mass is 9.89. The molecule has 1 aliphatic rings. The van der Waals surface area contributed by atoms with Crippen LogP contribution in [0.25, 0.3) is 0 Å². The van der Waals surface area contributed by atoms with Gasteiger partial charge in [0.1, 0.15) is 0 Å². The second-order valence-corrected chi connectivity index (χ2v) is 5.07. The van der Waals surface area contributed by atoms with Crippen molar-refractivity contribution in [3.05, 3.63) is 52.8 Å². The molecule has 0 aromatic heterocycles. The molecular weight excluding hydrogens is 273 g/mol. The molecule has 3 N–H and O–H groups in total. The fraction of sp³-hybridized carbons (Fsp3) is 0.250. The summed E-state index contributed by atoms with van der Waals surface area (Å²) in [5.41, 5.74) is 2.55. The minimum absolute atomic E-state index is 0.129. The summed E-state index contributed by atoms with van der Waals surface area (Å²) in [7, 11) is 1.42. The van der Waals surface area contributed by atoms with Crippen LogP contribution in [0.15, 0.2) is 30.3 Å². The molecule has 0 fully saturated rings. The van der Waals surface area contributed by atoms with E-state index in [9.17, 15) is 14.6 Å². The minimum atomic E-state index is -0.424. The monoisotopic (exact) mass is 289 g/mol. The van der Waals surface area contributed by atoms with Crippen LogP contribution in [-0.4, -0.2) is 23.9 Å². The summed E-state index contributed by atoms with van der Waals surface area (Å²) in [6, 6.07) is 7.68. The summed E-state index contributed by atoms with van der Waals surface area (Å²) in [5.74, 6) is -0.526. The Hall–Kier alpha value is -2.27. The Bertz CT molecular complexity index is 687. The Kier molecular flexibility index (Phi) is 3.43. The van der Waals surface area contributed by atoms with Crippen molar-refractivity contribution < 1.29 is 19.3 Å². The number of halogens is 1. The number of rotatable bonds is 2. The highest BCUT2D eigenvalue weighted by atomic mass is 19.1. The van der Waals surface area contributed by atoms with Crippen molar-refractivity contribution in [3.63, 3.8) is 0 Å². The van der Waals surface area contributed by atoms with E-state index >= 15 is 0 Å². The smallest absolute Gasteiger partial charge is 0.165 e. The number of phenols is 2. The van der Waals surface area contributed by atoms with E-state index in [1.165, 1.54) is 19.2 Å². The fourth-order valence-electron chi connectivity index (χ4n) is 2.74. The molecule has 0 bridgehead atoms. The summed E-state index contributed by atoms with van der Waals surface area (Å²) in [4.78, 5) is 0. The number of fused-ring (bicyclic) bond motifs is 1. The second-order valence-electron chi connectivity index (χ2n) is 5.07. The van der Waals surface area contributed by atoms with Crippen LogP contribution < -0.4 is 10.1 Å². The standard InChI is InChI=1S/C16H16FNO3/c1-21-15-3-2-10(6-12(15)17)16-11-8-14(20)13(19)7-9(11)4-5-18-16/h2-3,6-8,16,18-20H,4-5H2,1H3. The molecule has 3 rings (SSSR count). The number of nitrogens with one attached hydrogen (secondary N) is 1. The first-order chi connectivity index (χ1) is 10.1. The maximum Gasteiger partial charge on any atom is 0.165 e. The molecule has 1 heterocycles. The first-order valence-electron chi connectivity index (χ1n) is 6.71. The van der Waals surface area contributed by atoms with Gasteiger partial charge < -0.3 is 20.3 Å². The van der Waals surface area contributed by atoms with Gasteiger partial charge in [-0.05, 0) is 47.4 Å². The third-order valence-corrected chi connectivity index (χ3v) is 3.80. The quantitative estimate of drug-likeness (QED) is 0.743. The van der Waals surface area contributed by atoms with Gasteiger partial charge in [0.15, 0.2) is 23.1 Å². The van der Waals surface area contributed by atoms with Gasteiger partial charge >= 0.3 is 0 Å². The summed E-state index contributed by atoms with van der Waals surface area (Å²) in [5, 5.41) is 22.6. The third-order valence-electron chi connectivity index (χ3n) is 3.80. The molecule has 2 aromatic rings. The number of methoxy groups -OCH3 is 1. The molecule has 0 radical (unpaired) electrons. The van der Waals surface area contributed by atoms with Gasteiger partial charge in [0.05, 0.1) is 13.2 Å². The average molecular weight is 289 g/mol. The van der Waals surface area contributed by atoms with Gasteiger partial charge in [-0.2, -0.15) is 0 Å². The number of hydrogen-bond donors (Lipinski definition) is 3. The molecule has 0 amide bonds. The van der Waals surface area contributed by atoms with Crippen LogP contribution in [-0.2, 0) is 6.42 Å². The van der Waals surface area contributed by atoms with Crippen LogP contribution in [0.5, 0.6) is 17.2 Å². The zero-order chi connectivity index (χ0) is 15.0. The highest BCUT2D eigenvalue weighted by Gasteiger charge is 2.24. The van der Waals surface area contributed by atoms with Gasteiger partial charge in [-0.25, -0.2) is 4.39 Å². The van der Waals surface area contributed by atoms with E-state index in [-0.39, 0.29) is 23.3 Å². The summed E-state index contributed by atoms with van der Waals surface area (Å²) in [6.45, 7) is 0.718. The van der Waals surface area contributed by atoms with Gasteiger partial charge in [-0.15, -0.1) is 0 Å². The van der Waals surface area contributed by atoms with Crippen molar-refractivity contribution in [1.29, 1.82) is 0 Å². The first kappa shape index (κ1) is 13.7. The van der Waals surface area contributed by atoms with Crippen molar-refractivity contribution >= 4 is 0 Å². The van der Waals surface area contributed by atoms with Gasteiger partial charge in [-0.3, -0.25) is 0 Å². The minimum Gasteiger partial charge on any atom is -0.504 e. The summed E-state index contributed by atoms with van der Waals surface area (Å²) in [6.07, 6.45) is 0.748. The lowest BCUT2D eigenvalue weighted by Gasteiger charge is -2.28. The first-order valence-corrected chi connectivity index (χ1v) is 6.71. The lowest BCUT2D eigenvalue weighted by molar-refractivity contribution is 0.385. The van der Waals surface area contributed by atoms with Crippen molar-refractivity contribution in [2.75, 3.05) is 13.7 Å². The van der Waals surface area contributed by atoms with Crippen LogP contribution in [0.2, 0.25) is 0 Å². The molecule has 4 nitrogen and oxygen atoms in total. The Labute approximate surface area is 121 Å².